The third-order valence-electron chi connectivity index (χ3n) is 4.63. The molecule has 0 aliphatic rings. The highest BCUT2D eigenvalue weighted by molar-refractivity contribution is 5.82. The van der Waals surface area contributed by atoms with Crippen molar-refractivity contribution in [3.05, 3.63) is 101 Å². The molecule has 0 aromatic heterocycles. The Labute approximate surface area is 206 Å². The van der Waals surface area contributed by atoms with Gasteiger partial charge in [-0.1, -0.05) is 0 Å². The van der Waals surface area contributed by atoms with Crippen molar-refractivity contribution in [2.75, 3.05) is 12.0 Å². The van der Waals surface area contributed by atoms with Crippen molar-refractivity contribution >= 4 is 34.7 Å². The third-order valence-corrected chi connectivity index (χ3v) is 4.63. The lowest BCUT2D eigenvalue weighted by Gasteiger charge is -2.12. The molecule has 0 saturated heterocycles. The fourth-order valence-corrected chi connectivity index (χ4v) is 2.98. The largest absolute Gasteiger partial charge is 0.490 e. The van der Waals surface area contributed by atoms with E-state index in [9.17, 15) is 40.5 Å². The third kappa shape index (κ3) is 6.27. The molecule has 0 unspecified atom stereocenters. The Morgan fingerprint density at radius 1 is 0.757 bits per heavy atom. The summed E-state index contributed by atoms with van der Waals surface area (Å²) in [5, 5.41) is 48.3. The second-order valence-electron chi connectivity index (χ2n) is 6.99. The van der Waals surface area contributed by atoms with Gasteiger partial charge in [-0.2, -0.15) is 5.10 Å². The Morgan fingerprint density at radius 3 is 1.95 bits per heavy atom. The lowest BCUT2D eigenvalue weighted by molar-refractivity contribution is -0.394. The van der Waals surface area contributed by atoms with Gasteiger partial charge in [0.1, 0.15) is 5.69 Å². The molecular formula is C21H16N6O10. The standard InChI is InChI=1S/C21H16N6O10/c1-2-36-21-9-13(12-22-23-16-6-4-14(24(28)29)10-17(16)26(32)33)3-7-20(21)37-19-8-5-15(25(30)31)11-18(19)27(34)35/h3-12,23H,2H2,1H3/b22-12+. The topological polar surface area (TPSA) is 215 Å². The van der Waals surface area contributed by atoms with Crippen LogP contribution >= 0.6 is 0 Å². The summed E-state index contributed by atoms with van der Waals surface area (Å²) in [4.78, 5) is 41.3. The molecule has 0 bridgehead atoms. The number of nitrogens with zero attached hydrogens (tertiary/aromatic N) is 5. The molecule has 0 atom stereocenters. The molecule has 16 heteroatoms. The first-order chi connectivity index (χ1) is 17.6. The summed E-state index contributed by atoms with van der Waals surface area (Å²) in [7, 11) is 0. The van der Waals surface area contributed by atoms with Crippen LogP contribution in [-0.2, 0) is 0 Å². The number of rotatable bonds is 11. The number of nitro groups is 4. The second-order valence-corrected chi connectivity index (χ2v) is 6.99. The molecule has 3 rings (SSSR count). The first kappa shape index (κ1) is 25.9. The van der Waals surface area contributed by atoms with Crippen molar-refractivity contribution in [3.8, 4) is 17.2 Å². The molecule has 1 N–H and O–H groups in total. The van der Waals surface area contributed by atoms with E-state index in [-0.39, 0.29) is 29.5 Å². The van der Waals surface area contributed by atoms with Crippen LogP contribution in [0.5, 0.6) is 17.2 Å². The van der Waals surface area contributed by atoms with Gasteiger partial charge in [-0.25, -0.2) is 0 Å². The Hall–Kier alpha value is -5.67. The van der Waals surface area contributed by atoms with Gasteiger partial charge < -0.3 is 9.47 Å². The molecule has 0 amide bonds. The molecule has 3 aromatic rings. The SMILES string of the molecule is CCOc1cc(/C=N/Nc2ccc([N+](=O)[O-])cc2[N+](=O)[O-])ccc1Oc1ccc([N+](=O)[O-])cc1[N+](=O)[O-]. The van der Waals surface area contributed by atoms with E-state index in [1.807, 2.05) is 0 Å². The number of hydrogen-bond acceptors (Lipinski definition) is 12. The second kappa shape index (κ2) is 11.2. The zero-order valence-electron chi connectivity index (χ0n) is 18.8. The van der Waals surface area contributed by atoms with Gasteiger partial charge in [-0.05, 0) is 42.8 Å². The van der Waals surface area contributed by atoms with Crippen molar-refractivity contribution in [2.45, 2.75) is 6.92 Å². The smallest absolute Gasteiger partial charge is 0.318 e. The van der Waals surface area contributed by atoms with E-state index in [0.29, 0.717) is 5.56 Å². The molecule has 0 fully saturated rings. The predicted molar refractivity (Wildman–Crippen MR) is 128 cm³/mol. The first-order valence-corrected chi connectivity index (χ1v) is 10.2. The number of non-ortho nitro benzene ring substituents is 2. The average Bonchev–Trinajstić information content (AvgIpc) is 2.85. The maximum Gasteiger partial charge on any atom is 0.318 e. The minimum Gasteiger partial charge on any atom is -0.490 e. The predicted octanol–water partition coefficient (Wildman–Crippen LogP) is 4.96. The Kier molecular flexibility index (Phi) is 7.83. The average molecular weight is 512 g/mol. The zero-order valence-corrected chi connectivity index (χ0v) is 18.8. The number of nitro benzene ring substituents is 4. The van der Waals surface area contributed by atoms with Crippen molar-refractivity contribution in [1.82, 2.24) is 0 Å². The quantitative estimate of drug-likeness (QED) is 0.206. The summed E-state index contributed by atoms with van der Waals surface area (Å²) in [6.45, 7) is 1.89. The van der Waals surface area contributed by atoms with Crippen molar-refractivity contribution in [2.24, 2.45) is 5.10 Å². The molecule has 0 saturated carbocycles. The minimum atomic E-state index is -0.813. The molecular weight excluding hydrogens is 496 g/mol. The summed E-state index contributed by atoms with van der Waals surface area (Å²) in [6, 6.07) is 10.4. The lowest BCUT2D eigenvalue weighted by Crippen LogP contribution is -2.00. The molecule has 0 radical (unpaired) electrons. The summed E-state index contributed by atoms with van der Waals surface area (Å²) >= 11 is 0. The van der Waals surface area contributed by atoms with E-state index in [2.05, 4.69) is 10.5 Å². The number of ether oxygens (including phenoxy) is 2. The van der Waals surface area contributed by atoms with Crippen LogP contribution in [0.4, 0.5) is 28.4 Å². The molecule has 190 valence electrons. The van der Waals surface area contributed by atoms with E-state index in [4.69, 9.17) is 9.47 Å². The summed E-state index contributed by atoms with van der Waals surface area (Å²) in [5.74, 6) is 0.000420. The Balaban J connectivity index is 1.86. The van der Waals surface area contributed by atoms with E-state index in [1.165, 1.54) is 24.4 Å². The maximum absolute atomic E-state index is 11.4. The zero-order chi connectivity index (χ0) is 27.1. The monoisotopic (exact) mass is 512 g/mol. The van der Waals surface area contributed by atoms with Gasteiger partial charge in [0, 0.05) is 12.1 Å². The van der Waals surface area contributed by atoms with Crippen molar-refractivity contribution in [1.29, 1.82) is 0 Å². The van der Waals surface area contributed by atoms with E-state index in [0.717, 1.165) is 36.4 Å². The Bertz CT molecular complexity index is 1420. The fraction of sp³-hybridized carbons (Fsp3) is 0.0952. The van der Waals surface area contributed by atoms with Gasteiger partial charge in [0.2, 0.25) is 5.75 Å². The molecule has 0 aliphatic carbocycles. The van der Waals surface area contributed by atoms with Crippen LogP contribution in [0.1, 0.15) is 12.5 Å². The molecule has 0 aliphatic heterocycles. The minimum absolute atomic E-state index is 0.0786. The molecule has 3 aromatic carbocycles. The van der Waals surface area contributed by atoms with Gasteiger partial charge in [0.15, 0.2) is 11.5 Å². The van der Waals surface area contributed by atoms with Crippen LogP contribution in [0.2, 0.25) is 0 Å². The number of benzene rings is 3. The lowest BCUT2D eigenvalue weighted by atomic mass is 10.2. The van der Waals surface area contributed by atoms with Gasteiger partial charge >= 0.3 is 11.4 Å². The summed E-state index contributed by atoms with van der Waals surface area (Å²) < 4.78 is 11.1. The highest BCUT2D eigenvalue weighted by atomic mass is 16.6. The summed E-state index contributed by atoms with van der Waals surface area (Å²) in [5.41, 5.74) is 0.718. The van der Waals surface area contributed by atoms with Gasteiger partial charge in [0.25, 0.3) is 11.4 Å². The maximum atomic E-state index is 11.4. The highest BCUT2D eigenvalue weighted by Gasteiger charge is 2.22. The van der Waals surface area contributed by atoms with E-state index >= 15 is 0 Å². The fourth-order valence-electron chi connectivity index (χ4n) is 2.98. The number of nitrogens with one attached hydrogen (secondary N) is 1. The van der Waals surface area contributed by atoms with Gasteiger partial charge in [-0.15, -0.1) is 0 Å². The van der Waals surface area contributed by atoms with Gasteiger partial charge in [0.05, 0.1) is 44.6 Å². The first-order valence-electron chi connectivity index (χ1n) is 10.2. The number of anilines is 1. The number of hydrogen-bond donors (Lipinski definition) is 1. The van der Waals surface area contributed by atoms with Crippen LogP contribution in [0.15, 0.2) is 59.7 Å². The highest BCUT2D eigenvalue weighted by Crippen LogP contribution is 2.38. The number of hydrazone groups is 1. The van der Waals surface area contributed by atoms with Crippen LogP contribution in [0.3, 0.4) is 0 Å². The van der Waals surface area contributed by atoms with Crippen LogP contribution < -0.4 is 14.9 Å². The molecule has 16 nitrogen and oxygen atoms in total. The molecule has 0 heterocycles. The van der Waals surface area contributed by atoms with Gasteiger partial charge in [-0.3, -0.25) is 45.9 Å². The van der Waals surface area contributed by atoms with E-state index in [1.54, 1.807) is 6.92 Å². The Morgan fingerprint density at radius 2 is 1.35 bits per heavy atom. The van der Waals surface area contributed by atoms with Crippen LogP contribution in [0.25, 0.3) is 0 Å². The van der Waals surface area contributed by atoms with Crippen LogP contribution in [0, 0.1) is 40.5 Å². The van der Waals surface area contributed by atoms with Crippen molar-refractivity contribution in [3.63, 3.8) is 0 Å². The molecule has 37 heavy (non-hydrogen) atoms. The van der Waals surface area contributed by atoms with Crippen molar-refractivity contribution < 1.29 is 29.2 Å². The van der Waals surface area contributed by atoms with Crippen LogP contribution in [-0.4, -0.2) is 32.5 Å². The normalized spacial score (nSPS) is 10.6. The van der Waals surface area contributed by atoms with E-state index < -0.39 is 42.4 Å². The molecule has 0 spiro atoms. The summed E-state index contributed by atoms with van der Waals surface area (Å²) in [6.07, 6.45) is 1.28.